The summed E-state index contributed by atoms with van der Waals surface area (Å²) in [6.45, 7) is 6.38. The fourth-order valence-electron chi connectivity index (χ4n) is 4.04. The maximum atomic E-state index is 12.5. The molecule has 0 saturated heterocycles. The molecule has 22 heavy (non-hydrogen) atoms. The Morgan fingerprint density at radius 3 is 2.68 bits per heavy atom. The van der Waals surface area contributed by atoms with Crippen molar-refractivity contribution in [1.29, 1.82) is 0 Å². The highest BCUT2D eigenvalue weighted by Gasteiger charge is 2.52. The van der Waals surface area contributed by atoms with E-state index in [1.807, 2.05) is 30.3 Å². The number of fused-ring (bicyclic) bond motifs is 3. The predicted octanol–water partition coefficient (Wildman–Crippen LogP) is 3.87. The van der Waals surface area contributed by atoms with E-state index in [0.717, 1.165) is 22.4 Å². The third-order valence-electron chi connectivity index (χ3n) is 5.15. The summed E-state index contributed by atoms with van der Waals surface area (Å²) in [5.41, 5.74) is 3.67. The molecule has 2 aromatic rings. The average molecular weight is 293 g/mol. The first kappa shape index (κ1) is 13.4. The Kier molecular flexibility index (Phi) is 2.65. The van der Waals surface area contributed by atoms with Gasteiger partial charge in [0.2, 0.25) is 0 Å². The minimum Gasteiger partial charge on any atom is -0.482 e. The van der Waals surface area contributed by atoms with Crippen molar-refractivity contribution in [2.75, 3.05) is 0 Å². The number of hydrogen-bond donors (Lipinski definition) is 1. The van der Waals surface area contributed by atoms with Gasteiger partial charge in [0.05, 0.1) is 5.56 Å². The normalized spacial score (nSPS) is 28.8. The van der Waals surface area contributed by atoms with Crippen LogP contribution in [0.25, 0.3) is 11.1 Å². The Bertz CT molecular complexity index is 834. The number of hydrogen-bond acceptors (Lipinski definition) is 2. The number of aromatic nitrogens is 1. The van der Waals surface area contributed by atoms with E-state index in [4.69, 9.17) is 4.74 Å². The minimum atomic E-state index is -0.413. The zero-order valence-corrected chi connectivity index (χ0v) is 13.0. The van der Waals surface area contributed by atoms with Gasteiger partial charge in [-0.25, -0.2) is 0 Å². The summed E-state index contributed by atoms with van der Waals surface area (Å²) in [6.07, 6.45) is 3.94. The molecular weight excluding hydrogens is 274 g/mol. The van der Waals surface area contributed by atoms with Crippen LogP contribution in [-0.4, -0.2) is 10.6 Å². The molecule has 2 aliphatic rings. The van der Waals surface area contributed by atoms with Crippen molar-refractivity contribution in [2.24, 2.45) is 5.92 Å². The van der Waals surface area contributed by atoms with Gasteiger partial charge in [0.1, 0.15) is 11.4 Å². The van der Waals surface area contributed by atoms with E-state index in [1.165, 1.54) is 5.57 Å². The smallest absolute Gasteiger partial charge is 0.255 e. The number of benzene rings is 1. The lowest BCUT2D eigenvalue weighted by molar-refractivity contribution is 0.142. The van der Waals surface area contributed by atoms with Gasteiger partial charge in [0.25, 0.3) is 5.56 Å². The third-order valence-corrected chi connectivity index (χ3v) is 5.15. The van der Waals surface area contributed by atoms with Crippen LogP contribution in [-0.2, 0) is 0 Å². The first-order chi connectivity index (χ1) is 10.5. The summed E-state index contributed by atoms with van der Waals surface area (Å²) < 4.78 is 6.33. The molecule has 2 heterocycles. The molecule has 0 spiro atoms. The van der Waals surface area contributed by atoms with Crippen LogP contribution in [0.1, 0.15) is 32.3 Å². The molecule has 1 aliphatic carbocycles. The summed E-state index contributed by atoms with van der Waals surface area (Å²) in [4.78, 5) is 15.4. The van der Waals surface area contributed by atoms with Gasteiger partial charge in [-0.2, -0.15) is 0 Å². The number of allylic oxidation sites excluding steroid dienone is 1. The van der Waals surface area contributed by atoms with Gasteiger partial charge in [-0.1, -0.05) is 42.8 Å². The zero-order chi connectivity index (χ0) is 15.5. The van der Waals surface area contributed by atoms with Crippen molar-refractivity contribution >= 4 is 0 Å². The number of nitrogens with one attached hydrogen (secondary N) is 1. The molecule has 3 atom stereocenters. The van der Waals surface area contributed by atoms with Gasteiger partial charge in [-0.15, -0.1) is 0 Å². The Balaban J connectivity index is 1.96. The first-order valence-corrected chi connectivity index (χ1v) is 7.70. The maximum absolute atomic E-state index is 12.5. The summed E-state index contributed by atoms with van der Waals surface area (Å²) in [5, 5.41) is 0. The molecule has 0 amide bonds. The predicted molar refractivity (Wildman–Crippen MR) is 87.2 cm³/mol. The van der Waals surface area contributed by atoms with E-state index in [1.54, 1.807) is 6.20 Å². The number of H-pyrrole nitrogens is 1. The van der Waals surface area contributed by atoms with Crippen LogP contribution in [0.4, 0.5) is 0 Å². The highest BCUT2D eigenvalue weighted by atomic mass is 16.5. The number of rotatable bonds is 1. The largest absolute Gasteiger partial charge is 0.482 e. The lowest BCUT2D eigenvalue weighted by atomic mass is 9.82. The van der Waals surface area contributed by atoms with Crippen LogP contribution >= 0.6 is 0 Å². The van der Waals surface area contributed by atoms with Crippen molar-refractivity contribution < 1.29 is 4.74 Å². The first-order valence-electron chi connectivity index (χ1n) is 7.70. The van der Waals surface area contributed by atoms with Crippen molar-refractivity contribution in [3.63, 3.8) is 0 Å². The molecule has 1 aromatic heterocycles. The lowest BCUT2D eigenvalue weighted by Crippen LogP contribution is -2.32. The second-order valence-electron chi connectivity index (χ2n) is 6.58. The highest BCUT2D eigenvalue weighted by Crippen LogP contribution is 2.56. The van der Waals surface area contributed by atoms with E-state index >= 15 is 0 Å². The van der Waals surface area contributed by atoms with E-state index in [9.17, 15) is 4.79 Å². The molecule has 3 nitrogen and oxygen atoms in total. The Hall–Kier alpha value is -2.29. The molecule has 0 bridgehead atoms. The van der Waals surface area contributed by atoms with Gasteiger partial charge in [0, 0.05) is 17.7 Å². The van der Waals surface area contributed by atoms with Crippen LogP contribution in [0.15, 0.2) is 53.0 Å². The molecule has 1 aromatic carbocycles. The number of pyridine rings is 1. The molecule has 0 fully saturated rings. The lowest BCUT2D eigenvalue weighted by Gasteiger charge is -2.24. The highest BCUT2D eigenvalue weighted by molar-refractivity contribution is 5.73. The van der Waals surface area contributed by atoms with Gasteiger partial charge < -0.3 is 9.72 Å². The molecular formula is C19H19NO2. The summed E-state index contributed by atoms with van der Waals surface area (Å²) in [7, 11) is 0. The van der Waals surface area contributed by atoms with E-state index in [-0.39, 0.29) is 11.5 Å². The topological polar surface area (TPSA) is 42.1 Å². The van der Waals surface area contributed by atoms with Gasteiger partial charge in [0.15, 0.2) is 0 Å². The second-order valence-corrected chi connectivity index (χ2v) is 6.58. The fourth-order valence-corrected chi connectivity index (χ4v) is 4.04. The van der Waals surface area contributed by atoms with Crippen LogP contribution < -0.4 is 10.3 Å². The number of ether oxygens (including phenoxy) is 1. The van der Waals surface area contributed by atoms with Gasteiger partial charge >= 0.3 is 0 Å². The van der Waals surface area contributed by atoms with Crippen molar-refractivity contribution in [1.82, 2.24) is 4.98 Å². The fraction of sp³-hybridized carbons (Fsp3) is 0.316. The van der Waals surface area contributed by atoms with Crippen LogP contribution in [0, 0.1) is 5.92 Å². The third kappa shape index (κ3) is 1.65. The Labute approximate surface area is 129 Å². The van der Waals surface area contributed by atoms with Crippen LogP contribution in [0.5, 0.6) is 5.75 Å². The molecule has 3 heteroatoms. The monoisotopic (exact) mass is 293 g/mol. The number of aromatic amines is 1. The summed E-state index contributed by atoms with van der Waals surface area (Å²) >= 11 is 0. The van der Waals surface area contributed by atoms with E-state index in [2.05, 4.69) is 31.8 Å². The van der Waals surface area contributed by atoms with E-state index < -0.39 is 5.60 Å². The summed E-state index contributed by atoms with van der Waals surface area (Å²) in [5.74, 6) is 1.16. The molecule has 1 aliphatic heterocycles. The van der Waals surface area contributed by atoms with Gasteiger partial charge in [-0.3, -0.25) is 4.79 Å². The van der Waals surface area contributed by atoms with Crippen LogP contribution in [0.2, 0.25) is 0 Å². The summed E-state index contributed by atoms with van der Waals surface area (Å²) in [6, 6.07) is 10.1. The molecule has 0 saturated carbocycles. The van der Waals surface area contributed by atoms with Crippen molar-refractivity contribution in [3.05, 3.63) is 64.1 Å². The molecule has 0 radical (unpaired) electrons. The molecule has 0 unspecified atom stereocenters. The SMILES string of the molecule is CC1=C[C@@]2(C)Oc3c(-c4ccccc4)c[nH]c(=O)c3[C@H]2[C@@H]1C. The quantitative estimate of drug-likeness (QED) is 0.811. The Morgan fingerprint density at radius 1 is 1.23 bits per heavy atom. The maximum Gasteiger partial charge on any atom is 0.255 e. The Morgan fingerprint density at radius 2 is 1.95 bits per heavy atom. The minimum absolute atomic E-state index is 0.0293. The molecule has 4 rings (SSSR count). The average Bonchev–Trinajstić information content (AvgIpc) is 2.91. The van der Waals surface area contributed by atoms with E-state index in [0.29, 0.717) is 5.92 Å². The molecule has 1 N–H and O–H groups in total. The standard InChI is InChI=1S/C19H19NO2/c1-11-9-19(3)16(12(11)2)15-17(22-19)14(10-20-18(15)21)13-7-5-4-6-8-13/h4-10,12,16H,1-3H3,(H,20,21)/t12-,16-,19-/m1/s1. The zero-order valence-electron chi connectivity index (χ0n) is 13.0. The van der Waals surface area contributed by atoms with Gasteiger partial charge in [-0.05, 0) is 31.4 Å². The van der Waals surface area contributed by atoms with Crippen molar-refractivity contribution in [2.45, 2.75) is 32.3 Å². The van der Waals surface area contributed by atoms with Crippen molar-refractivity contribution in [3.8, 4) is 16.9 Å². The van der Waals surface area contributed by atoms with Crippen LogP contribution in [0.3, 0.4) is 0 Å². The molecule has 112 valence electrons. The second kappa shape index (κ2) is 4.35.